The van der Waals surface area contributed by atoms with Gasteiger partial charge in [0.15, 0.2) is 6.10 Å². The summed E-state index contributed by atoms with van der Waals surface area (Å²) in [7, 11) is 0. The first-order valence-electron chi connectivity index (χ1n) is 24.6. The van der Waals surface area contributed by atoms with Crippen LogP contribution in [0.25, 0.3) is 0 Å². The van der Waals surface area contributed by atoms with Gasteiger partial charge in [0.2, 0.25) is 0 Å². The molecule has 6 nitrogen and oxygen atoms in total. The van der Waals surface area contributed by atoms with Crippen LogP contribution in [0.3, 0.4) is 0 Å². The van der Waals surface area contributed by atoms with Gasteiger partial charge in [-0.3, -0.25) is 14.4 Å². The molecule has 0 aliphatic rings. The predicted octanol–water partition coefficient (Wildman–Crippen LogP) is 16.0. The van der Waals surface area contributed by atoms with Crippen LogP contribution in [-0.2, 0) is 28.6 Å². The van der Waals surface area contributed by atoms with Gasteiger partial charge in [-0.25, -0.2) is 0 Å². The van der Waals surface area contributed by atoms with E-state index in [9.17, 15) is 14.4 Å². The highest BCUT2D eigenvalue weighted by atomic mass is 16.6. The third-order valence-corrected chi connectivity index (χ3v) is 10.1. The maximum Gasteiger partial charge on any atom is 0.306 e. The fourth-order valence-corrected chi connectivity index (χ4v) is 6.45. The number of ether oxygens (including phenoxy) is 3. The molecular formula is C54H90O6. The number of hydrogen-bond donors (Lipinski definition) is 0. The van der Waals surface area contributed by atoms with Crippen molar-refractivity contribution in [1.82, 2.24) is 0 Å². The number of rotatable bonds is 43. The Morgan fingerprint density at radius 1 is 0.350 bits per heavy atom. The summed E-state index contributed by atoms with van der Waals surface area (Å²) in [5, 5.41) is 0. The van der Waals surface area contributed by atoms with Crippen LogP contribution in [-0.4, -0.2) is 37.2 Å². The monoisotopic (exact) mass is 835 g/mol. The van der Waals surface area contributed by atoms with Crippen molar-refractivity contribution in [3.63, 3.8) is 0 Å². The van der Waals surface area contributed by atoms with E-state index in [4.69, 9.17) is 14.2 Å². The number of esters is 3. The molecule has 0 aliphatic heterocycles. The molecule has 0 saturated heterocycles. The van der Waals surface area contributed by atoms with Gasteiger partial charge in [0.1, 0.15) is 13.2 Å². The number of allylic oxidation sites excluding steroid dienone is 14. The fraction of sp³-hybridized carbons (Fsp3) is 0.685. The molecule has 0 aliphatic carbocycles. The third-order valence-electron chi connectivity index (χ3n) is 10.1. The Hall–Kier alpha value is -3.41. The van der Waals surface area contributed by atoms with Crippen molar-refractivity contribution in [1.29, 1.82) is 0 Å². The lowest BCUT2D eigenvalue weighted by Crippen LogP contribution is -2.30. The predicted molar refractivity (Wildman–Crippen MR) is 256 cm³/mol. The van der Waals surface area contributed by atoms with Crippen molar-refractivity contribution in [2.75, 3.05) is 13.2 Å². The zero-order chi connectivity index (χ0) is 43.7. The van der Waals surface area contributed by atoms with Crippen molar-refractivity contribution < 1.29 is 28.6 Å². The molecule has 0 saturated carbocycles. The quantitative estimate of drug-likeness (QED) is 0.0263. The van der Waals surface area contributed by atoms with Gasteiger partial charge in [-0.1, -0.05) is 209 Å². The van der Waals surface area contributed by atoms with E-state index < -0.39 is 6.10 Å². The average Bonchev–Trinajstić information content (AvgIpc) is 3.24. The van der Waals surface area contributed by atoms with Crippen LogP contribution in [0.15, 0.2) is 85.1 Å². The second kappa shape index (κ2) is 48.3. The van der Waals surface area contributed by atoms with Crippen molar-refractivity contribution in [2.24, 2.45) is 0 Å². The van der Waals surface area contributed by atoms with Gasteiger partial charge in [-0.2, -0.15) is 0 Å². The van der Waals surface area contributed by atoms with E-state index in [-0.39, 0.29) is 37.5 Å². The maximum atomic E-state index is 12.7. The molecule has 0 bridgehead atoms. The van der Waals surface area contributed by atoms with E-state index in [1.807, 2.05) is 12.2 Å². The van der Waals surface area contributed by atoms with Crippen LogP contribution in [0.1, 0.15) is 220 Å². The zero-order valence-electron chi connectivity index (χ0n) is 38.9. The van der Waals surface area contributed by atoms with Crippen molar-refractivity contribution in [2.45, 2.75) is 226 Å². The number of hydrogen-bond acceptors (Lipinski definition) is 6. The van der Waals surface area contributed by atoms with E-state index in [0.29, 0.717) is 19.3 Å². The van der Waals surface area contributed by atoms with Crippen LogP contribution < -0.4 is 0 Å². The highest BCUT2D eigenvalue weighted by Crippen LogP contribution is 2.14. The molecule has 6 heteroatoms. The molecule has 0 amide bonds. The van der Waals surface area contributed by atoms with Crippen LogP contribution >= 0.6 is 0 Å². The van der Waals surface area contributed by atoms with Gasteiger partial charge in [-0.05, 0) is 77.0 Å². The molecule has 0 aromatic heterocycles. The molecular weight excluding hydrogens is 745 g/mol. The van der Waals surface area contributed by atoms with Gasteiger partial charge in [0, 0.05) is 19.3 Å². The summed E-state index contributed by atoms with van der Waals surface area (Å²) in [6, 6.07) is 0. The first-order valence-corrected chi connectivity index (χ1v) is 24.6. The van der Waals surface area contributed by atoms with Gasteiger partial charge in [0.05, 0.1) is 0 Å². The minimum absolute atomic E-state index is 0.103. The van der Waals surface area contributed by atoms with E-state index in [0.717, 1.165) is 89.9 Å². The number of carbonyl (C=O) groups is 3. The first-order chi connectivity index (χ1) is 29.5. The minimum Gasteiger partial charge on any atom is -0.462 e. The van der Waals surface area contributed by atoms with Crippen LogP contribution in [0, 0.1) is 0 Å². The Kier molecular flexibility index (Phi) is 45.5. The Balaban J connectivity index is 4.48. The highest BCUT2D eigenvalue weighted by Gasteiger charge is 2.19. The third kappa shape index (κ3) is 45.7. The smallest absolute Gasteiger partial charge is 0.306 e. The Morgan fingerprint density at radius 3 is 1.17 bits per heavy atom. The Labute approximate surface area is 369 Å². The highest BCUT2D eigenvalue weighted by molar-refractivity contribution is 5.71. The molecule has 342 valence electrons. The summed E-state index contributed by atoms with van der Waals surface area (Å²) in [6.45, 7) is 6.40. The van der Waals surface area contributed by atoms with E-state index in [1.165, 1.54) is 83.5 Å². The van der Waals surface area contributed by atoms with E-state index in [1.54, 1.807) is 0 Å². The normalized spacial score (nSPS) is 12.8. The SMILES string of the molecule is CC/C=C\C/C=C\C/C=C\C/C=C\C/C=C\C/C=C\CCC(=O)OC[C@H](COC(=O)CCCCCCC/C=C\CCCC)OC(=O)CCCCCCCCCCCCCC. The molecule has 60 heavy (non-hydrogen) atoms. The van der Waals surface area contributed by atoms with Gasteiger partial charge in [0.25, 0.3) is 0 Å². The van der Waals surface area contributed by atoms with Crippen molar-refractivity contribution >= 4 is 17.9 Å². The van der Waals surface area contributed by atoms with Gasteiger partial charge >= 0.3 is 17.9 Å². The van der Waals surface area contributed by atoms with Gasteiger partial charge in [-0.15, -0.1) is 0 Å². The first kappa shape index (κ1) is 56.6. The summed E-state index contributed by atoms with van der Waals surface area (Å²) in [4.78, 5) is 37.8. The second-order valence-electron chi connectivity index (χ2n) is 16.0. The van der Waals surface area contributed by atoms with Crippen LogP contribution in [0.2, 0.25) is 0 Å². The lowest BCUT2D eigenvalue weighted by Gasteiger charge is -2.18. The largest absolute Gasteiger partial charge is 0.462 e. The summed E-state index contributed by atoms with van der Waals surface area (Å²) < 4.78 is 16.7. The minimum atomic E-state index is -0.806. The summed E-state index contributed by atoms with van der Waals surface area (Å²) in [5.41, 5.74) is 0. The van der Waals surface area contributed by atoms with Crippen LogP contribution in [0.5, 0.6) is 0 Å². The van der Waals surface area contributed by atoms with Gasteiger partial charge < -0.3 is 14.2 Å². The summed E-state index contributed by atoms with van der Waals surface area (Å²) >= 11 is 0. The second-order valence-corrected chi connectivity index (χ2v) is 16.0. The molecule has 0 heterocycles. The average molecular weight is 835 g/mol. The molecule has 0 rings (SSSR count). The van der Waals surface area contributed by atoms with E-state index >= 15 is 0 Å². The molecule has 0 radical (unpaired) electrons. The van der Waals surface area contributed by atoms with Crippen LogP contribution in [0.4, 0.5) is 0 Å². The van der Waals surface area contributed by atoms with Crippen molar-refractivity contribution in [3.05, 3.63) is 85.1 Å². The molecule has 0 spiro atoms. The molecule has 0 aromatic rings. The molecule has 0 N–H and O–H groups in total. The number of carbonyl (C=O) groups excluding carboxylic acids is 3. The summed E-state index contributed by atoms with van der Waals surface area (Å²) in [5.74, 6) is -1.00. The standard InChI is InChI=1S/C54H90O6/c1-4-7-10-13-16-19-22-24-25-26-27-28-29-30-33-35-38-41-44-47-53(56)59-50-51(49-58-52(55)46-43-40-37-34-31-21-18-15-12-9-6-3)60-54(57)48-45-42-39-36-32-23-20-17-14-11-8-5-2/h7,10,15-16,18-19,24-25,27-28,30,33,38,41,51H,4-6,8-9,11-14,17,20-23,26,29,31-32,34-37,39-40,42-50H2,1-3H3/b10-7-,18-15-,19-16-,25-24-,28-27-,33-30-,41-38-/t51-/m0/s1. The topological polar surface area (TPSA) is 78.9 Å². The van der Waals surface area contributed by atoms with E-state index in [2.05, 4.69) is 93.7 Å². The molecule has 0 fully saturated rings. The lowest BCUT2D eigenvalue weighted by atomic mass is 10.0. The molecule has 0 unspecified atom stereocenters. The molecule has 1 atom stereocenters. The summed E-state index contributed by atoms with van der Waals surface area (Å²) in [6.07, 6.45) is 61.5. The Morgan fingerprint density at radius 2 is 0.700 bits per heavy atom. The maximum absolute atomic E-state index is 12.7. The fourth-order valence-electron chi connectivity index (χ4n) is 6.45. The Bertz CT molecular complexity index is 1190. The van der Waals surface area contributed by atoms with Crippen molar-refractivity contribution in [3.8, 4) is 0 Å². The number of unbranched alkanes of at least 4 members (excludes halogenated alkanes) is 18. The zero-order valence-corrected chi connectivity index (χ0v) is 38.9. The lowest BCUT2D eigenvalue weighted by molar-refractivity contribution is -0.166. The molecule has 0 aromatic carbocycles.